The van der Waals surface area contributed by atoms with E-state index >= 15 is 0 Å². The van der Waals surface area contributed by atoms with Gasteiger partial charge in [0, 0.05) is 43.3 Å². The smallest absolute Gasteiger partial charge is 0.230 e. The average molecular weight is 353 g/mol. The lowest BCUT2D eigenvalue weighted by atomic mass is 9.85. The molecule has 2 aliphatic heterocycles. The molecule has 1 unspecified atom stereocenters. The van der Waals surface area contributed by atoms with Crippen molar-refractivity contribution in [3.63, 3.8) is 0 Å². The molecule has 0 spiro atoms. The number of rotatable bonds is 4. The number of aromatic nitrogens is 1. The molecule has 26 heavy (non-hydrogen) atoms. The summed E-state index contributed by atoms with van der Waals surface area (Å²) in [6.07, 6.45) is 4.38. The maximum atomic E-state index is 13.0. The van der Waals surface area contributed by atoms with Crippen molar-refractivity contribution >= 4 is 22.4 Å². The SMILES string of the molecule is CCN(CC)C(=O)[C@@H]1C=C2c3cc(OC)cc4ccn(c34)CC2N(C)C1. The van der Waals surface area contributed by atoms with Crippen LogP contribution in [0.25, 0.3) is 16.5 Å². The molecular weight excluding hydrogens is 326 g/mol. The first-order valence-electron chi connectivity index (χ1n) is 9.45. The van der Waals surface area contributed by atoms with E-state index in [1.54, 1.807) is 7.11 Å². The zero-order valence-corrected chi connectivity index (χ0v) is 16.0. The zero-order chi connectivity index (χ0) is 18.4. The highest BCUT2D eigenvalue weighted by molar-refractivity contribution is 5.97. The molecule has 2 aliphatic rings. The van der Waals surface area contributed by atoms with Gasteiger partial charge in [-0.2, -0.15) is 0 Å². The van der Waals surface area contributed by atoms with Gasteiger partial charge in [0.2, 0.25) is 5.91 Å². The maximum absolute atomic E-state index is 13.0. The van der Waals surface area contributed by atoms with Gasteiger partial charge >= 0.3 is 0 Å². The fourth-order valence-electron chi connectivity index (χ4n) is 4.48. The van der Waals surface area contributed by atoms with Crippen LogP contribution in [0.5, 0.6) is 5.75 Å². The summed E-state index contributed by atoms with van der Waals surface area (Å²) in [5.41, 5.74) is 3.71. The van der Waals surface area contributed by atoms with Gasteiger partial charge < -0.3 is 14.2 Å². The third-order valence-corrected chi connectivity index (χ3v) is 5.90. The quantitative estimate of drug-likeness (QED) is 0.848. The Balaban J connectivity index is 1.84. The number of hydrogen-bond acceptors (Lipinski definition) is 3. The highest BCUT2D eigenvalue weighted by atomic mass is 16.5. The van der Waals surface area contributed by atoms with Gasteiger partial charge in [0.25, 0.3) is 0 Å². The molecule has 0 radical (unpaired) electrons. The molecule has 1 aromatic heterocycles. The second-order valence-electron chi connectivity index (χ2n) is 7.28. The minimum Gasteiger partial charge on any atom is -0.497 e. The number of carbonyl (C=O) groups is 1. The van der Waals surface area contributed by atoms with Gasteiger partial charge in [0.1, 0.15) is 5.75 Å². The van der Waals surface area contributed by atoms with E-state index in [2.05, 4.69) is 47.0 Å². The van der Waals surface area contributed by atoms with Gasteiger partial charge in [0.15, 0.2) is 0 Å². The maximum Gasteiger partial charge on any atom is 0.230 e. The van der Waals surface area contributed by atoms with Crippen molar-refractivity contribution in [2.24, 2.45) is 5.92 Å². The van der Waals surface area contributed by atoms with Crippen molar-refractivity contribution in [3.05, 3.63) is 36.0 Å². The van der Waals surface area contributed by atoms with E-state index in [0.29, 0.717) is 6.04 Å². The Hall–Kier alpha value is -2.27. The van der Waals surface area contributed by atoms with Crippen LogP contribution in [-0.4, -0.2) is 60.1 Å². The van der Waals surface area contributed by atoms with Crippen molar-refractivity contribution in [3.8, 4) is 5.75 Å². The number of benzene rings is 1. The Morgan fingerprint density at radius 1 is 1.27 bits per heavy atom. The van der Waals surface area contributed by atoms with Crippen LogP contribution in [0.2, 0.25) is 0 Å². The molecule has 2 atom stereocenters. The van der Waals surface area contributed by atoms with Crippen LogP contribution in [-0.2, 0) is 11.3 Å². The van der Waals surface area contributed by atoms with Crippen LogP contribution in [0.4, 0.5) is 0 Å². The number of methoxy groups -OCH3 is 1. The number of fused-ring (bicyclic) bond motifs is 2. The van der Waals surface area contributed by atoms with E-state index in [4.69, 9.17) is 4.74 Å². The lowest BCUT2D eigenvalue weighted by molar-refractivity contribution is -0.134. The first-order valence-corrected chi connectivity index (χ1v) is 9.45. The van der Waals surface area contributed by atoms with Crippen LogP contribution < -0.4 is 4.74 Å². The van der Waals surface area contributed by atoms with E-state index in [-0.39, 0.29) is 11.8 Å². The van der Waals surface area contributed by atoms with Crippen molar-refractivity contribution in [2.45, 2.75) is 26.4 Å². The van der Waals surface area contributed by atoms with Crippen LogP contribution in [0.3, 0.4) is 0 Å². The monoisotopic (exact) mass is 353 g/mol. The average Bonchev–Trinajstić information content (AvgIpc) is 3.06. The summed E-state index contributed by atoms with van der Waals surface area (Å²) in [5, 5.41) is 1.19. The van der Waals surface area contributed by atoms with Crippen LogP contribution in [0, 0.1) is 5.92 Å². The number of ether oxygens (including phenoxy) is 1. The van der Waals surface area contributed by atoms with Gasteiger partial charge in [-0.3, -0.25) is 9.69 Å². The van der Waals surface area contributed by atoms with Gasteiger partial charge in [-0.05, 0) is 44.7 Å². The van der Waals surface area contributed by atoms with E-state index in [9.17, 15) is 4.79 Å². The number of nitrogens with zero attached hydrogens (tertiary/aromatic N) is 3. The summed E-state index contributed by atoms with van der Waals surface area (Å²) in [6.45, 7) is 7.30. The molecule has 0 saturated heterocycles. The molecular formula is C21H27N3O2. The molecule has 138 valence electrons. The number of carbonyl (C=O) groups excluding carboxylic acids is 1. The van der Waals surface area contributed by atoms with Crippen molar-refractivity contribution in [1.82, 2.24) is 14.4 Å². The summed E-state index contributed by atoms with van der Waals surface area (Å²) >= 11 is 0. The fourth-order valence-corrected chi connectivity index (χ4v) is 4.48. The molecule has 0 aliphatic carbocycles. The standard InChI is InChI=1S/C21H27N3O2/c1-5-23(6-2)21(25)15-10-17-18-11-16(26-4)9-14-7-8-24(20(14)18)13-19(17)22(3)12-15/h7-11,15,19H,5-6,12-13H2,1-4H3/t15-,19?/m1/s1. The molecule has 0 saturated carbocycles. The molecule has 2 aromatic rings. The van der Waals surface area contributed by atoms with Crippen LogP contribution in [0.1, 0.15) is 19.4 Å². The first kappa shape index (κ1) is 17.2. The first-order chi connectivity index (χ1) is 12.6. The number of likely N-dealkylation sites (N-methyl/N-ethyl adjacent to an activating group) is 1. The minimum absolute atomic E-state index is 0.0890. The largest absolute Gasteiger partial charge is 0.497 e. The van der Waals surface area contributed by atoms with Crippen molar-refractivity contribution in [1.29, 1.82) is 0 Å². The number of amides is 1. The highest BCUT2D eigenvalue weighted by Gasteiger charge is 2.36. The Morgan fingerprint density at radius 3 is 2.73 bits per heavy atom. The highest BCUT2D eigenvalue weighted by Crippen LogP contribution is 2.40. The zero-order valence-electron chi connectivity index (χ0n) is 16.0. The van der Waals surface area contributed by atoms with E-state index in [1.807, 2.05) is 18.7 Å². The Labute approximate surface area is 154 Å². The van der Waals surface area contributed by atoms with Crippen LogP contribution in [0.15, 0.2) is 30.5 Å². The van der Waals surface area contributed by atoms with Gasteiger partial charge in [0.05, 0.1) is 24.6 Å². The summed E-state index contributed by atoms with van der Waals surface area (Å²) in [6, 6.07) is 6.65. The fraction of sp³-hybridized carbons (Fsp3) is 0.476. The topological polar surface area (TPSA) is 37.7 Å². The second-order valence-corrected chi connectivity index (χ2v) is 7.28. The predicted octanol–water partition coefficient (Wildman–Crippen LogP) is 2.85. The molecule has 5 nitrogen and oxygen atoms in total. The lowest BCUT2D eigenvalue weighted by Gasteiger charge is -2.41. The number of hydrogen-bond donors (Lipinski definition) is 0. The molecule has 0 fully saturated rings. The summed E-state index contributed by atoms with van der Waals surface area (Å²) < 4.78 is 7.86. The summed E-state index contributed by atoms with van der Waals surface area (Å²) in [5.74, 6) is 1.01. The van der Waals surface area contributed by atoms with Gasteiger partial charge in [-0.1, -0.05) is 6.08 Å². The normalized spacial score (nSPS) is 22.1. The second kappa shape index (κ2) is 6.47. The van der Waals surface area contributed by atoms with E-state index in [1.165, 1.54) is 22.0 Å². The summed E-state index contributed by atoms with van der Waals surface area (Å²) in [4.78, 5) is 17.2. The Kier molecular flexibility index (Phi) is 4.27. The van der Waals surface area contributed by atoms with Crippen molar-refractivity contribution in [2.75, 3.05) is 33.8 Å². The summed E-state index contributed by atoms with van der Waals surface area (Å²) in [7, 11) is 3.84. The predicted molar refractivity (Wildman–Crippen MR) is 104 cm³/mol. The lowest BCUT2D eigenvalue weighted by Crippen LogP contribution is -2.48. The van der Waals surface area contributed by atoms with Gasteiger partial charge in [-0.25, -0.2) is 0 Å². The van der Waals surface area contributed by atoms with E-state index < -0.39 is 0 Å². The molecule has 4 rings (SSSR count). The van der Waals surface area contributed by atoms with Crippen LogP contribution >= 0.6 is 0 Å². The third kappa shape index (κ3) is 2.53. The molecule has 5 heteroatoms. The Bertz CT molecular complexity index is 879. The molecule has 0 bridgehead atoms. The molecule has 1 aromatic carbocycles. The third-order valence-electron chi connectivity index (χ3n) is 5.90. The Morgan fingerprint density at radius 2 is 2.04 bits per heavy atom. The van der Waals surface area contributed by atoms with Gasteiger partial charge in [-0.15, -0.1) is 0 Å². The molecule has 1 amide bonds. The molecule has 3 heterocycles. The van der Waals surface area contributed by atoms with Crippen molar-refractivity contribution < 1.29 is 9.53 Å². The minimum atomic E-state index is -0.0890. The van der Waals surface area contributed by atoms with E-state index in [0.717, 1.165) is 31.9 Å². The molecule has 0 N–H and O–H groups in total.